The van der Waals surface area contributed by atoms with Gasteiger partial charge < -0.3 is 5.32 Å². The molecule has 0 aromatic heterocycles. The lowest BCUT2D eigenvalue weighted by atomic mass is 10.2. The molecular weight excluding hydrogens is 240 g/mol. The average molecular weight is 260 g/mol. The van der Waals surface area contributed by atoms with Crippen LogP contribution in [0.25, 0.3) is 0 Å². The van der Waals surface area contributed by atoms with Gasteiger partial charge in [0.15, 0.2) is 9.84 Å². The van der Waals surface area contributed by atoms with Crippen molar-refractivity contribution in [3.05, 3.63) is 11.5 Å². The molecule has 0 radical (unpaired) electrons. The first-order chi connectivity index (χ1) is 7.80. The van der Waals surface area contributed by atoms with Crippen molar-refractivity contribution in [1.82, 2.24) is 10.6 Å². The van der Waals surface area contributed by atoms with Crippen LogP contribution in [0.2, 0.25) is 0 Å². The van der Waals surface area contributed by atoms with Gasteiger partial charge in [-0.3, -0.25) is 10.1 Å². The minimum atomic E-state index is -3.07. The largest absolute Gasteiger partial charge is 0.354 e. The lowest BCUT2D eigenvalue weighted by Gasteiger charge is -2.18. The molecule has 98 valence electrons. The highest BCUT2D eigenvalue weighted by atomic mass is 32.2. The van der Waals surface area contributed by atoms with Gasteiger partial charge >= 0.3 is 0 Å². The van der Waals surface area contributed by atoms with E-state index in [0.717, 1.165) is 0 Å². The zero-order valence-electron chi connectivity index (χ0n) is 10.4. The SMILES string of the molecule is CC(C)CNC(=O)C(C)NC1C=CS(=O)(=O)C1. The zero-order chi connectivity index (χ0) is 13.1. The summed E-state index contributed by atoms with van der Waals surface area (Å²) in [6.07, 6.45) is 1.58. The first-order valence-electron chi connectivity index (χ1n) is 5.75. The highest BCUT2D eigenvalue weighted by molar-refractivity contribution is 7.94. The van der Waals surface area contributed by atoms with Gasteiger partial charge in [-0.25, -0.2) is 8.42 Å². The quantitative estimate of drug-likeness (QED) is 0.732. The van der Waals surface area contributed by atoms with Crippen LogP contribution in [0, 0.1) is 5.92 Å². The highest BCUT2D eigenvalue weighted by Gasteiger charge is 2.24. The summed E-state index contributed by atoms with van der Waals surface area (Å²) in [4.78, 5) is 11.6. The maximum absolute atomic E-state index is 11.6. The van der Waals surface area contributed by atoms with Crippen molar-refractivity contribution in [2.24, 2.45) is 5.92 Å². The molecule has 0 bridgehead atoms. The molecule has 5 nitrogen and oxygen atoms in total. The molecule has 1 amide bonds. The van der Waals surface area contributed by atoms with E-state index >= 15 is 0 Å². The van der Waals surface area contributed by atoms with E-state index in [4.69, 9.17) is 0 Å². The number of sulfone groups is 1. The Kier molecular flexibility index (Phi) is 4.70. The fourth-order valence-corrected chi connectivity index (χ4v) is 2.78. The van der Waals surface area contributed by atoms with E-state index < -0.39 is 15.9 Å². The molecule has 0 fully saturated rings. The predicted octanol–water partition coefficient (Wildman–Crippen LogP) is 0.0474. The summed E-state index contributed by atoms with van der Waals surface area (Å²) in [5.41, 5.74) is 0. The Balaban J connectivity index is 2.37. The standard InChI is InChI=1S/C11H20N2O3S/c1-8(2)6-12-11(14)9(3)13-10-4-5-17(15,16)7-10/h4-5,8-10,13H,6-7H2,1-3H3,(H,12,14). The van der Waals surface area contributed by atoms with E-state index in [-0.39, 0.29) is 17.7 Å². The van der Waals surface area contributed by atoms with Gasteiger partial charge in [0.05, 0.1) is 11.8 Å². The maximum atomic E-state index is 11.6. The second-order valence-electron chi connectivity index (χ2n) is 4.79. The summed E-state index contributed by atoms with van der Waals surface area (Å²) in [5, 5.41) is 6.98. The van der Waals surface area contributed by atoms with Gasteiger partial charge in [0.2, 0.25) is 5.91 Å². The number of hydrogen-bond acceptors (Lipinski definition) is 4. The summed E-state index contributed by atoms with van der Waals surface area (Å²) < 4.78 is 22.4. The molecule has 1 aliphatic heterocycles. The summed E-state index contributed by atoms with van der Waals surface area (Å²) >= 11 is 0. The molecule has 0 saturated carbocycles. The van der Waals surface area contributed by atoms with E-state index in [1.807, 2.05) is 13.8 Å². The molecule has 2 N–H and O–H groups in total. The molecule has 1 heterocycles. The van der Waals surface area contributed by atoms with E-state index in [9.17, 15) is 13.2 Å². The van der Waals surface area contributed by atoms with Crippen LogP contribution in [0.1, 0.15) is 20.8 Å². The molecule has 6 heteroatoms. The topological polar surface area (TPSA) is 75.3 Å². The molecule has 17 heavy (non-hydrogen) atoms. The van der Waals surface area contributed by atoms with Crippen molar-refractivity contribution in [3.8, 4) is 0 Å². The molecule has 0 saturated heterocycles. The van der Waals surface area contributed by atoms with Crippen LogP contribution in [0.15, 0.2) is 11.5 Å². The number of amides is 1. The van der Waals surface area contributed by atoms with Crippen molar-refractivity contribution in [3.63, 3.8) is 0 Å². The Morgan fingerprint density at radius 1 is 1.41 bits per heavy atom. The minimum absolute atomic E-state index is 0.0365. The van der Waals surface area contributed by atoms with Crippen LogP contribution >= 0.6 is 0 Å². The molecular formula is C11H20N2O3S. The van der Waals surface area contributed by atoms with Crippen LogP contribution < -0.4 is 10.6 Å². The van der Waals surface area contributed by atoms with Crippen molar-refractivity contribution in [2.75, 3.05) is 12.3 Å². The number of hydrogen-bond donors (Lipinski definition) is 2. The first kappa shape index (κ1) is 14.2. The van der Waals surface area contributed by atoms with Gasteiger partial charge in [-0.1, -0.05) is 19.9 Å². The van der Waals surface area contributed by atoms with Gasteiger partial charge in [0, 0.05) is 18.0 Å². The second kappa shape index (κ2) is 5.64. The van der Waals surface area contributed by atoms with Gasteiger partial charge in [0.1, 0.15) is 0 Å². The summed E-state index contributed by atoms with van der Waals surface area (Å²) in [5.74, 6) is 0.337. The zero-order valence-corrected chi connectivity index (χ0v) is 11.3. The highest BCUT2D eigenvalue weighted by Crippen LogP contribution is 2.08. The number of nitrogens with one attached hydrogen (secondary N) is 2. The molecule has 0 spiro atoms. The van der Waals surface area contributed by atoms with Crippen LogP contribution in [0.3, 0.4) is 0 Å². The first-order valence-corrected chi connectivity index (χ1v) is 7.46. The number of carbonyl (C=O) groups excluding carboxylic acids is 1. The number of carbonyl (C=O) groups is 1. The Morgan fingerprint density at radius 3 is 2.53 bits per heavy atom. The van der Waals surface area contributed by atoms with Crippen molar-refractivity contribution < 1.29 is 13.2 Å². The minimum Gasteiger partial charge on any atom is -0.354 e. The lowest BCUT2D eigenvalue weighted by molar-refractivity contribution is -0.123. The van der Waals surface area contributed by atoms with Gasteiger partial charge in [-0.05, 0) is 12.8 Å². The third-order valence-corrected chi connectivity index (χ3v) is 3.87. The molecule has 0 aromatic carbocycles. The lowest BCUT2D eigenvalue weighted by Crippen LogP contribution is -2.47. The Labute approximate surface area is 103 Å². The van der Waals surface area contributed by atoms with Gasteiger partial charge in [-0.2, -0.15) is 0 Å². The molecule has 0 aromatic rings. The predicted molar refractivity (Wildman–Crippen MR) is 67.2 cm³/mol. The normalized spacial score (nSPS) is 23.9. The van der Waals surface area contributed by atoms with E-state index in [2.05, 4.69) is 10.6 Å². The molecule has 2 atom stereocenters. The van der Waals surface area contributed by atoms with Crippen molar-refractivity contribution >= 4 is 15.7 Å². The Bertz CT molecular complexity index is 401. The van der Waals surface area contributed by atoms with Crippen LogP contribution in [0.5, 0.6) is 0 Å². The molecule has 0 aliphatic carbocycles. The maximum Gasteiger partial charge on any atom is 0.236 e. The molecule has 2 unspecified atom stereocenters. The second-order valence-corrected chi connectivity index (χ2v) is 6.72. The van der Waals surface area contributed by atoms with Gasteiger partial charge in [0.25, 0.3) is 0 Å². The van der Waals surface area contributed by atoms with Crippen molar-refractivity contribution in [2.45, 2.75) is 32.9 Å². The average Bonchev–Trinajstić information content (AvgIpc) is 2.54. The summed E-state index contributed by atoms with van der Waals surface area (Å²) in [6, 6.07) is -0.656. The third kappa shape index (κ3) is 4.87. The Morgan fingerprint density at radius 2 is 2.06 bits per heavy atom. The van der Waals surface area contributed by atoms with E-state index in [0.29, 0.717) is 12.5 Å². The summed E-state index contributed by atoms with van der Waals surface area (Å²) in [7, 11) is -3.07. The summed E-state index contributed by atoms with van der Waals surface area (Å²) in [6.45, 7) is 6.40. The van der Waals surface area contributed by atoms with Gasteiger partial charge in [-0.15, -0.1) is 0 Å². The number of rotatable bonds is 5. The fourth-order valence-electron chi connectivity index (χ4n) is 1.53. The van der Waals surface area contributed by atoms with E-state index in [1.54, 1.807) is 13.0 Å². The van der Waals surface area contributed by atoms with Crippen LogP contribution in [0.4, 0.5) is 0 Å². The van der Waals surface area contributed by atoms with Crippen LogP contribution in [-0.4, -0.2) is 38.7 Å². The van der Waals surface area contributed by atoms with Crippen molar-refractivity contribution in [1.29, 1.82) is 0 Å². The Hall–Kier alpha value is -0.880. The fraction of sp³-hybridized carbons (Fsp3) is 0.727. The molecule has 1 aliphatic rings. The molecule has 1 rings (SSSR count). The monoisotopic (exact) mass is 260 g/mol. The van der Waals surface area contributed by atoms with Crippen LogP contribution in [-0.2, 0) is 14.6 Å². The third-order valence-electron chi connectivity index (χ3n) is 2.47. The van der Waals surface area contributed by atoms with E-state index in [1.165, 1.54) is 5.41 Å². The smallest absolute Gasteiger partial charge is 0.236 e.